The second-order valence-corrected chi connectivity index (χ2v) is 9.76. The number of para-hydroxylation sites is 2. The van der Waals surface area contributed by atoms with Crippen molar-refractivity contribution < 1.29 is 4.42 Å². The van der Waals surface area contributed by atoms with Crippen molar-refractivity contribution >= 4 is 32.7 Å². The Bertz CT molecular complexity index is 1950. The van der Waals surface area contributed by atoms with Gasteiger partial charge >= 0.3 is 0 Å². The second kappa shape index (κ2) is 8.46. The normalized spacial score (nSPS) is 11.5. The first-order chi connectivity index (χ1) is 18.2. The number of pyridine rings is 1. The van der Waals surface area contributed by atoms with Crippen molar-refractivity contribution in [3.8, 4) is 33.5 Å². The molecule has 0 unspecified atom stereocenters. The fourth-order valence-corrected chi connectivity index (χ4v) is 5.42. The third-order valence-corrected chi connectivity index (χ3v) is 7.36. The molecule has 7 aromatic rings. The maximum absolute atomic E-state index is 6.30. The van der Waals surface area contributed by atoms with Crippen LogP contribution in [-0.2, 0) is 0 Å². The first-order valence-electron chi connectivity index (χ1n) is 12.6. The molecule has 5 aromatic carbocycles. The summed E-state index contributed by atoms with van der Waals surface area (Å²) in [5.74, 6) is 0. The number of aryl methyl sites for hydroxylation is 2. The van der Waals surface area contributed by atoms with Gasteiger partial charge in [-0.05, 0) is 88.3 Å². The van der Waals surface area contributed by atoms with Crippen molar-refractivity contribution in [2.45, 2.75) is 13.8 Å². The van der Waals surface area contributed by atoms with Crippen LogP contribution >= 0.6 is 0 Å². The summed E-state index contributed by atoms with van der Waals surface area (Å²) < 4.78 is 6.30. The summed E-state index contributed by atoms with van der Waals surface area (Å²) in [5.41, 5.74) is 11.0. The van der Waals surface area contributed by atoms with Crippen LogP contribution in [0.25, 0.3) is 66.2 Å². The molecule has 37 heavy (non-hydrogen) atoms. The first kappa shape index (κ1) is 21.6. The molecule has 0 radical (unpaired) electrons. The highest BCUT2D eigenvalue weighted by Crippen LogP contribution is 2.38. The van der Waals surface area contributed by atoms with E-state index in [0.717, 1.165) is 38.8 Å². The maximum Gasteiger partial charge on any atom is 0.144 e. The SMILES string of the molecule is Cc1cnc(-c2cccc3c2oc2ccccc23)cc1-c1cc2ccc(-c3ccccc3)cc2cc1C. The lowest BCUT2D eigenvalue weighted by Crippen LogP contribution is -1.93. The van der Waals surface area contributed by atoms with Crippen molar-refractivity contribution in [3.63, 3.8) is 0 Å². The van der Waals surface area contributed by atoms with Gasteiger partial charge in [0.25, 0.3) is 0 Å². The Balaban J connectivity index is 1.37. The molecule has 7 rings (SSSR count). The summed E-state index contributed by atoms with van der Waals surface area (Å²) in [5, 5.41) is 4.74. The van der Waals surface area contributed by atoms with Gasteiger partial charge in [0.2, 0.25) is 0 Å². The van der Waals surface area contributed by atoms with Gasteiger partial charge in [-0.1, -0.05) is 78.9 Å². The van der Waals surface area contributed by atoms with Crippen LogP contribution in [0.2, 0.25) is 0 Å². The maximum atomic E-state index is 6.30. The van der Waals surface area contributed by atoms with E-state index in [9.17, 15) is 0 Å². The number of aromatic nitrogens is 1. The average Bonchev–Trinajstić information content (AvgIpc) is 3.32. The fourth-order valence-electron chi connectivity index (χ4n) is 5.42. The summed E-state index contributed by atoms with van der Waals surface area (Å²) in [7, 11) is 0. The molecular formula is C35H25NO. The Hall–Kier alpha value is -4.69. The number of nitrogens with zero attached hydrogens (tertiary/aromatic N) is 1. The van der Waals surface area contributed by atoms with Crippen molar-refractivity contribution in [2.24, 2.45) is 0 Å². The lowest BCUT2D eigenvalue weighted by molar-refractivity contribution is 0.670. The molecule has 0 amide bonds. The number of rotatable bonds is 3. The van der Waals surface area contributed by atoms with E-state index in [4.69, 9.17) is 9.40 Å². The number of hydrogen-bond acceptors (Lipinski definition) is 2. The molecule has 2 aromatic heterocycles. The minimum Gasteiger partial charge on any atom is -0.455 e. The zero-order valence-corrected chi connectivity index (χ0v) is 20.8. The van der Waals surface area contributed by atoms with Gasteiger partial charge in [0.05, 0.1) is 5.69 Å². The van der Waals surface area contributed by atoms with Crippen molar-refractivity contribution in [2.75, 3.05) is 0 Å². The quantitative estimate of drug-likeness (QED) is 0.254. The van der Waals surface area contributed by atoms with E-state index in [-0.39, 0.29) is 0 Å². The van der Waals surface area contributed by atoms with Crippen molar-refractivity contribution in [1.29, 1.82) is 0 Å². The van der Waals surface area contributed by atoms with Crippen LogP contribution in [0.1, 0.15) is 11.1 Å². The monoisotopic (exact) mass is 475 g/mol. The fraction of sp³-hybridized carbons (Fsp3) is 0.0571. The Morgan fingerprint density at radius 3 is 2.22 bits per heavy atom. The molecule has 0 atom stereocenters. The van der Waals surface area contributed by atoms with Crippen LogP contribution in [0.4, 0.5) is 0 Å². The highest BCUT2D eigenvalue weighted by molar-refractivity contribution is 6.09. The molecule has 0 saturated heterocycles. The van der Waals surface area contributed by atoms with E-state index in [0.29, 0.717) is 0 Å². The molecule has 0 N–H and O–H groups in total. The van der Waals surface area contributed by atoms with Crippen LogP contribution in [0.3, 0.4) is 0 Å². The Labute approximate surface area is 215 Å². The van der Waals surface area contributed by atoms with Crippen molar-refractivity contribution in [1.82, 2.24) is 4.98 Å². The Morgan fingerprint density at radius 2 is 1.32 bits per heavy atom. The molecule has 0 spiro atoms. The van der Waals surface area contributed by atoms with E-state index in [1.807, 2.05) is 18.3 Å². The van der Waals surface area contributed by atoms with Gasteiger partial charge in [-0.3, -0.25) is 4.98 Å². The van der Waals surface area contributed by atoms with E-state index in [1.165, 1.54) is 38.6 Å². The number of benzene rings is 5. The number of fused-ring (bicyclic) bond motifs is 4. The molecule has 0 aliphatic rings. The van der Waals surface area contributed by atoms with Crippen LogP contribution in [-0.4, -0.2) is 4.98 Å². The molecule has 0 aliphatic carbocycles. The van der Waals surface area contributed by atoms with Gasteiger partial charge in [0, 0.05) is 22.5 Å². The van der Waals surface area contributed by atoms with E-state index >= 15 is 0 Å². The van der Waals surface area contributed by atoms with Gasteiger partial charge in [0.1, 0.15) is 11.2 Å². The highest BCUT2D eigenvalue weighted by atomic mass is 16.3. The molecule has 2 nitrogen and oxygen atoms in total. The lowest BCUT2D eigenvalue weighted by Gasteiger charge is -2.14. The summed E-state index contributed by atoms with van der Waals surface area (Å²) >= 11 is 0. The molecular weight excluding hydrogens is 450 g/mol. The molecule has 2 heterocycles. The summed E-state index contributed by atoms with van der Waals surface area (Å²) in [6.07, 6.45) is 1.98. The molecule has 0 bridgehead atoms. The zero-order chi connectivity index (χ0) is 24.9. The van der Waals surface area contributed by atoms with Gasteiger partial charge < -0.3 is 4.42 Å². The lowest BCUT2D eigenvalue weighted by atomic mass is 9.92. The standard InChI is InChI=1S/C35H25NO/c1-22-17-27-18-25(24-9-4-3-5-10-24)15-16-26(27)19-31(22)32-20-33(36-21-23(32)2)30-13-8-12-29-28-11-6-7-14-34(28)37-35(29)30/h3-21H,1-2H3. The number of furan rings is 1. The van der Waals surface area contributed by atoms with E-state index < -0.39 is 0 Å². The van der Waals surface area contributed by atoms with Crippen LogP contribution in [0.5, 0.6) is 0 Å². The van der Waals surface area contributed by atoms with Crippen molar-refractivity contribution in [3.05, 3.63) is 127 Å². The smallest absolute Gasteiger partial charge is 0.144 e. The van der Waals surface area contributed by atoms with Crippen LogP contribution in [0.15, 0.2) is 120 Å². The van der Waals surface area contributed by atoms with E-state index in [1.54, 1.807) is 0 Å². The second-order valence-electron chi connectivity index (χ2n) is 9.76. The number of hydrogen-bond donors (Lipinski definition) is 0. The van der Waals surface area contributed by atoms with Gasteiger partial charge in [0.15, 0.2) is 0 Å². The summed E-state index contributed by atoms with van der Waals surface area (Å²) in [6, 6.07) is 38.6. The predicted octanol–water partition coefficient (Wildman–Crippen LogP) is 9.75. The minimum absolute atomic E-state index is 0.884. The molecule has 2 heteroatoms. The van der Waals surface area contributed by atoms with Crippen LogP contribution in [0, 0.1) is 13.8 Å². The largest absolute Gasteiger partial charge is 0.455 e. The average molecular weight is 476 g/mol. The molecule has 0 aliphatic heterocycles. The van der Waals surface area contributed by atoms with Gasteiger partial charge in [-0.25, -0.2) is 0 Å². The minimum atomic E-state index is 0.884. The molecule has 176 valence electrons. The Morgan fingerprint density at radius 1 is 0.541 bits per heavy atom. The summed E-state index contributed by atoms with van der Waals surface area (Å²) in [4.78, 5) is 4.83. The summed E-state index contributed by atoms with van der Waals surface area (Å²) in [6.45, 7) is 4.33. The molecule has 0 fully saturated rings. The third-order valence-electron chi connectivity index (χ3n) is 7.36. The van der Waals surface area contributed by atoms with Crippen LogP contribution < -0.4 is 0 Å². The van der Waals surface area contributed by atoms with Gasteiger partial charge in [-0.15, -0.1) is 0 Å². The zero-order valence-electron chi connectivity index (χ0n) is 20.8. The van der Waals surface area contributed by atoms with E-state index in [2.05, 4.69) is 111 Å². The topological polar surface area (TPSA) is 26.0 Å². The third kappa shape index (κ3) is 3.61. The Kier molecular flexibility index (Phi) is 4.93. The predicted molar refractivity (Wildman–Crippen MR) is 155 cm³/mol. The molecule has 0 saturated carbocycles. The first-order valence-corrected chi connectivity index (χ1v) is 12.6. The highest BCUT2D eigenvalue weighted by Gasteiger charge is 2.15. The van der Waals surface area contributed by atoms with Gasteiger partial charge in [-0.2, -0.15) is 0 Å².